The van der Waals surface area contributed by atoms with Crippen LogP contribution in [0.4, 0.5) is 0 Å². The second kappa shape index (κ2) is 4.77. The van der Waals surface area contributed by atoms with Gasteiger partial charge in [-0.2, -0.15) is 5.10 Å². The van der Waals surface area contributed by atoms with Crippen molar-refractivity contribution in [3.8, 4) is 11.5 Å². The van der Waals surface area contributed by atoms with Gasteiger partial charge in [-0.05, 0) is 56.6 Å². The quantitative estimate of drug-likeness (QED) is 0.848. The van der Waals surface area contributed by atoms with Gasteiger partial charge in [0.1, 0.15) is 11.5 Å². The fraction of sp³-hybridized carbons (Fsp3) is 0.562. The highest BCUT2D eigenvalue weighted by atomic mass is 16.3. The Kier molecular flexibility index (Phi) is 2.91. The highest BCUT2D eigenvalue weighted by molar-refractivity contribution is 5.56. The number of hydrogen-bond acceptors (Lipinski definition) is 3. The summed E-state index contributed by atoms with van der Waals surface area (Å²) in [6.07, 6.45) is 7.54. The van der Waals surface area contributed by atoms with Gasteiger partial charge in [0, 0.05) is 18.2 Å². The number of nitrogens with zero attached hydrogens (tertiary/aromatic N) is 1. The van der Waals surface area contributed by atoms with Crippen LogP contribution in [0.2, 0.25) is 0 Å². The van der Waals surface area contributed by atoms with E-state index in [0.29, 0.717) is 0 Å². The molecule has 4 heteroatoms. The Labute approximate surface area is 119 Å². The first-order valence-electron chi connectivity index (χ1n) is 7.63. The molecule has 20 heavy (non-hydrogen) atoms. The lowest BCUT2D eigenvalue weighted by molar-refractivity contribution is 0.416. The monoisotopic (exact) mass is 271 g/mol. The van der Waals surface area contributed by atoms with E-state index in [9.17, 15) is 0 Å². The number of rotatable bonds is 6. The maximum atomic E-state index is 5.70. The average molecular weight is 271 g/mol. The van der Waals surface area contributed by atoms with Crippen LogP contribution < -0.4 is 5.32 Å². The summed E-state index contributed by atoms with van der Waals surface area (Å²) in [4.78, 5) is 0. The molecule has 2 N–H and O–H groups in total. The van der Waals surface area contributed by atoms with Gasteiger partial charge in [-0.15, -0.1) is 0 Å². The van der Waals surface area contributed by atoms with Crippen molar-refractivity contribution >= 4 is 0 Å². The molecule has 0 bridgehead atoms. The number of hydrogen-bond donors (Lipinski definition) is 2. The van der Waals surface area contributed by atoms with Crippen LogP contribution in [0.5, 0.6) is 0 Å². The van der Waals surface area contributed by atoms with Crippen molar-refractivity contribution in [3.05, 3.63) is 29.7 Å². The number of aryl methyl sites for hydroxylation is 1. The van der Waals surface area contributed by atoms with Crippen molar-refractivity contribution in [3.63, 3.8) is 0 Å². The number of aromatic nitrogens is 2. The molecule has 2 heterocycles. The first kappa shape index (κ1) is 12.2. The Morgan fingerprint density at radius 1 is 1.30 bits per heavy atom. The Morgan fingerprint density at radius 3 is 2.65 bits per heavy atom. The van der Waals surface area contributed by atoms with Gasteiger partial charge in [-0.3, -0.25) is 5.10 Å². The number of aromatic amines is 1. The third-order valence-corrected chi connectivity index (χ3v) is 4.49. The first-order chi connectivity index (χ1) is 9.81. The minimum Gasteiger partial charge on any atom is -0.460 e. The summed E-state index contributed by atoms with van der Waals surface area (Å²) in [5.41, 5.74) is 2.21. The van der Waals surface area contributed by atoms with E-state index in [0.717, 1.165) is 41.6 Å². The van der Waals surface area contributed by atoms with Gasteiger partial charge in [0.25, 0.3) is 0 Å². The lowest BCUT2D eigenvalue weighted by Gasteiger charge is -2.17. The highest BCUT2D eigenvalue weighted by Gasteiger charge is 2.41. The van der Waals surface area contributed by atoms with Crippen molar-refractivity contribution in [1.82, 2.24) is 15.5 Å². The van der Waals surface area contributed by atoms with Gasteiger partial charge in [0.05, 0.1) is 6.20 Å². The molecular formula is C16H21N3O. The van der Waals surface area contributed by atoms with E-state index in [1.165, 1.54) is 31.2 Å². The summed E-state index contributed by atoms with van der Waals surface area (Å²) in [5, 5.41) is 11.0. The topological polar surface area (TPSA) is 53.9 Å². The number of H-pyrrole nitrogens is 1. The molecule has 106 valence electrons. The molecular weight excluding hydrogens is 250 g/mol. The van der Waals surface area contributed by atoms with Crippen molar-refractivity contribution < 1.29 is 4.42 Å². The molecule has 0 saturated heterocycles. The van der Waals surface area contributed by atoms with E-state index in [-0.39, 0.29) is 0 Å². The molecule has 0 atom stereocenters. The largest absolute Gasteiger partial charge is 0.460 e. The molecule has 2 aromatic heterocycles. The summed E-state index contributed by atoms with van der Waals surface area (Å²) >= 11 is 0. The molecule has 0 aliphatic heterocycles. The van der Waals surface area contributed by atoms with Crippen LogP contribution in [0.1, 0.15) is 37.0 Å². The van der Waals surface area contributed by atoms with E-state index < -0.39 is 0 Å². The zero-order valence-electron chi connectivity index (χ0n) is 11.9. The second-order valence-electron chi connectivity index (χ2n) is 6.26. The van der Waals surface area contributed by atoms with Crippen LogP contribution >= 0.6 is 0 Å². The fourth-order valence-electron chi connectivity index (χ4n) is 3.08. The van der Waals surface area contributed by atoms with Gasteiger partial charge in [-0.25, -0.2) is 0 Å². The van der Waals surface area contributed by atoms with Crippen LogP contribution in [-0.2, 0) is 6.54 Å². The van der Waals surface area contributed by atoms with Crippen molar-refractivity contribution in [2.75, 3.05) is 0 Å². The standard InChI is InChI=1S/C16H21N3O/c1-10-2-7-14(20-10)16-13(9-18-19-16)8-17-15(11-3-4-11)12-5-6-12/h2,7,9,11-12,15,17H,3-6,8H2,1H3,(H,18,19). The lowest BCUT2D eigenvalue weighted by Crippen LogP contribution is -2.32. The maximum Gasteiger partial charge on any atom is 0.152 e. The third-order valence-electron chi connectivity index (χ3n) is 4.49. The van der Waals surface area contributed by atoms with Gasteiger partial charge >= 0.3 is 0 Å². The number of nitrogens with one attached hydrogen (secondary N) is 2. The summed E-state index contributed by atoms with van der Waals surface area (Å²) < 4.78 is 5.70. The molecule has 2 aliphatic carbocycles. The van der Waals surface area contributed by atoms with Crippen molar-refractivity contribution in [1.29, 1.82) is 0 Å². The maximum absolute atomic E-state index is 5.70. The van der Waals surface area contributed by atoms with Gasteiger partial charge in [0.2, 0.25) is 0 Å². The average Bonchev–Trinajstić information content (AvgIpc) is 3.35. The molecule has 2 aliphatic rings. The highest BCUT2D eigenvalue weighted by Crippen LogP contribution is 2.44. The first-order valence-corrected chi connectivity index (χ1v) is 7.63. The zero-order chi connectivity index (χ0) is 13.5. The third kappa shape index (κ3) is 2.40. The zero-order valence-corrected chi connectivity index (χ0v) is 11.9. The van der Waals surface area contributed by atoms with Crippen molar-refractivity contribution in [2.45, 2.75) is 45.2 Å². The summed E-state index contributed by atoms with van der Waals surface area (Å²) in [6, 6.07) is 4.71. The molecule has 4 rings (SSSR count). The molecule has 0 radical (unpaired) electrons. The van der Waals surface area contributed by atoms with Crippen molar-refractivity contribution in [2.24, 2.45) is 11.8 Å². The smallest absolute Gasteiger partial charge is 0.152 e. The van der Waals surface area contributed by atoms with Gasteiger partial charge in [-0.1, -0.05) is 0 Å². The van der Waals surface area contributed by atoms with Gasteiger partial charge < -0.3 is 9.73 Å². The Balaban J connectivity index is 1.47. The van der Waals surface area contributed by atoms with E-state index in [1.807, 2.05) is 25.3 Å². The molecule has 0 unspecified atom stereocenters. The predicted octanol–water partition coefficient (Wildman–Crippen LogP) is 3.26. The Hall–Kier alpha value is -1.55. The van der Waals surface area contributed by atoms with Crippen LogP contribution in [0.25, 0.3) is 11.5 Å². The molecule has 2 fully saturated rings. The molecule has 0 spiro atoms. The van der Waals surface area contributed by atoms with Gasteiger partial charge in [0.15, 0.2) is 5.76 Å². The van der Waals surface area contributed by atoms with Crippen LogP contribution in [0, 0.1) is 18.8 Å². The summed E-state index contributed by atoms with van der Waals surface area (Å²) in [5.74, 6) is 3.65. The normalized spacial score (nSPS) is 18.9. The number of furan rings is 1. The summed E-state index contributed by atoms with van der Waals surface area (Å²) in [7, 11) is 0. The van der Waals surface area contributed by atoms with E-state index in [1.54, 1.807) is 0 Å². The van der Waals surface area contributed by atoms with E-state index >= 15 is 0 Å². The second-order valence-corrected chi connectivity index (χ2v) is 6.26. The van der Waals surface area contributed by atoms with E-state index in [2.05, 4.69) is 15.5 Å². The lowest BCUT2D eigenvalue weighted by atomic mass is 10.1. The molecule has 0 aromatic carbocycles. The molecule has 2 saturated carbocycles. The molecule has 0 amide bonds. The summed E-state index contributed by atoms with van der Waals surface area (Å²) in [6.45, 7) is 2.84. The molecule has 2 aromatic rings. The fourth-order valence-corrected chi connectivity index (χ4v) is 3.08. The minimum absolute atomic E-state index is 0.719. The van der Waals surface area contributed by atoms with Crippen LogP contribution in [0.3, 0.4) is 0 Å². The Bertz CT molecular complexity index is 580. The molecule has 4 nitrogen and oxygen atoms in total. The van der Waals surface area contributed by atoms with Crippen LogP contribution in [-0.4, -0.2) is 16.2 Å². The predicted molar refractivity (Wildman–Crippen MR) is 77.1 cm³/mol. The Morgan fingerprint density at radius 2 is 2.05 bits per heavy atom. The minimum atomic E-state index is 0.719. The SMILES string of the molecule is Cc1ccc(-c2[nH]ncc2CNC(C2CC2)C2CC2)o1. The van der Waals surface area contributed by atoms with Crippen LogP contribution in [0.15, 0.2) is 22.7 Å². The van der Waals surface area contributed by atoms with E-state index in [4.69, 9.17) is 4.42 Å².